The number of nitrogens with one attached hydrogen (secondary N) is 2. The summed E-state index contributed by atoms with van der Waals surface area (Å²) in [5.74, 6) is 5.97. The van der Waals surface area contributed by atoms with E-state index >= 15 is 0 Å². The predicted molar refractivity (Wildman–Crippen MR) is 151 cm³/mol. The number of alkyl carbamates (subject to hydrolysis) is 1. The lowest BCUT2D eigenvalue weighted by atomic mass is 9.85. The molecule has 0 radical (unpaired) electrons. The number of amides is 2. The van der Waals surface area contributed by atoms with Crippen molar-refractivity contribution in [2.75, 3.05) is 20.8 Å². The van der Waals surface area contributed by atoms with Gasteiger partial charge in [0, 0.05) is 19.0 Å². The number of aromatic nitrogens is 2. The maximum absolute atomic E-state index is 13.3. The second kappa shape index (κ2) is 12.6. The first kappa shape index (κ1) is 29.9. The van der Waals surface area contributed by atoms with Crippen LogP contribution in [0.15, 0.2) is 23.0 Å². The number of fused-ring (bicyclic) bond motifs is 1. The molecule has 0 spiro atoms. The van der Waals surface area contributed by atoms with Crippen molar-refractivity contribution in [1.82, 2.24) is 20.2 Å². The van der Waals surface area contributed by atoms with Gasteiger partial charge in [0.05, 0.1) is 25.3 Å². The fourth-order valence-electron chi connectivity index (χ4n) is 5.06. The first-order chi connectivity index (χ1) is 19.5. The lowest BCUT2D eigenvalue weighted by Crippen LogP contribution is -2.57. The molecule has 4 rings (SSSR count). The molecular formula is C30H38N4O7. The third-order valence-electron chi connectivity index (χ3n) is 7.48. The molecule has 2 N–H and O–H groups in total. The molecule has 41 heavy (non-hydrogen) atoms. The number of hydrogen-bond acceptors (Lipinski definition) is 8. The Kier molecular flexibility index (Phi) is 9.21. The van der Waals surface area contributed by atoms with Crippen molar-refractivity contribution >= 4 is 29.0 Å². The maximum atomic E-state index is 13.3. The van der Waals surface area contributed by atoms with Gasteiger partial charge in [-0.3, -0.25) is 9.59 Å². The summed E-state index contributed by atoms with van der Waals surface area (Å²) in [5.41, 5.74) is 0.447. The maximum Gasteiger partial charge on any atom is 0.408 e. The number of esters is 1. The topological polar surface area (TPSA) is 140 Å². The summed E-state index contributed by atoms with van der Waals surface area (Å²) in [4.78, 5) is 59.1. The van der Waals surface area contributed by atoms with Crippen LogP contribution in [0.1, 0.15) is 65.0 Å². The summed E-state index contributed by atoms with van der Waals surface area (Å²) >= 11 is 0. The van der Waals surface area contributed by atoms with Crippen LogP contribution in [0.4, 0.5) is 4.79 Å². The monoisotopic (exact) mass is 566 g/mol. The van der Waals surface area contributed by atoms with Gasteiger partial charge in [-0.1, -0.05) is 26.7 Å². The van der Waals surface area contributed by atoms with Gasteiger partial charge < -0.3 is 29.4 Å². The molecule has 1 aromatic heterocycles. The van der Waals surface area contributed by atoms with Crippen molar-refractivity contribution in [3.8, 4) is 17.6 Å². The third kappa shape index (κ3) is 7.37. The molecule has 11 heteroatoms. The number of aromatic amines is 1. The molecule has 2 amide bonds. The standard InChI is InChI=1S/C30H38N4O7/c1-30(2,3)25(27(36)34-15-9-12-23(34)28(37)40-5)33-29(38)41-24-16-18(24)10-7-6-8-11-21-26(35)32-22-17-19(39-4)13-14-20(22)31-21/h13-14,17-18,23-25H,6-7,9-10,12,15-16H2,1-5H3,(H,32,35)(H,33,38). The fourth-order valence-corrected chi connectivity index (χ4v) is 5.06. The summed E-state index contributed by atoms with van der Waals surface area (Å²) in [7, 11) is 2.86. The molecule has 1 saturated carbocycles. The van der Waals surface area contributed by atoms with E-state index in [2.05, 4.69) is 27.1 Å². The van der Waals surface area contributed by atoms with Gasteiger partial charge in [-0.2, -0.15) is 0 Å². The summed E-state index contributed by atoms with van der Waals surface area (Å²) < 4.78 is 15.6. The van der Waals surface area contributed by atoms with Crippen LogP contribution < -0.4 is 15.6 Å². The lowest BCUT2D eigenvalue weighted by Gasteiger charge is -2.34. The van der Waals surface area contributed by atoms with Gasteiger partial charge in [0.2, 0.25) is 5.91 Å². The normalized spacial score (nSPS) is 20.5. The lowest BCUT2D eigenvalue weighted by molar-refractivity contribution is -0.152. The Morgan fingerprint density at radius 1 is 1.24 bits per heavy atom. The zero-order valence-corrected chi connectivity index (χ0v) is 24.2. The van der Waals surface area contributed by atoms with Crippen molar-refractivity contribution in [3.05, 3.63) is 34.2 Å². The van der Waals surface area contributed by atoms with E-state index in [4.69, 9.17) is 14.2 Å². The third-order valence-corrected chi connectivity index (χ3v) is 7.48. The van der Waals surface area contributed by atoms with Gasteiger partial charge in [-0.05, 0) is 61.5 Å². The number of carbonyl (C=O) groups is 3. The van der Waals surface area contributed by atoms with E-state index in [0.29, 0.717) is 42.6 Å². The van der Waals surface area contributed by atoms with Crippen LogP contribution in [0.25, 0.3) is 11.0 Å². The van der Waals surface area contributed by atoms with Crippen LogP contribution in [-0.4, -0.2) is 71.8 Å². The summed E-state index contributed by atoms with van der Waals surface area (Å²) in [6.45, 7) is 6.02. The molecule has 4 unspecified atom stereocenters. The van der Waals surface area contributed by atoms with E-state index in [1.807, 2.05) is 20.8 Å². The Balaban J connectivity index is 1.24. The molecule has 2 aromatic rings. The minimum absolute atomic E-state index is 0.168. The quantitative estimate of drug-likeness (QED) is 0.282. The minimum atomic E-state index is -0.846. The second-order valence-electron chi connectivity index (χ2n) is 11.6. The zero-order chi connectivity index (χ0) is 29.7. The van der Waals surface area contributed by atoms with Gasteiger partial charge in [-0.15, -0.1) is 0 Å². The van der Waals surface area contributed by atoms with E-state index in [1.165, 1.54) is 12.0 Å². The highest BCUT2D eigenvalue weighted by Gasteiger charge is 2.44. The number of methoxy groups -OCH3 is 2. The highest BCUT2D eigenvalue weighted by Crippen LogP contribution is 2.38. The SMILES string of the molecule is COC(=O)C1CCCN1C(=O)C(NC(=O)OC1CC1CCCC#Cc1nc2ccc(OC)cc2[nH]c1=O)C(C)(C)C. The highest BCUT2D eigenvalue weighted by atomic mass is 16.6. The number of ether oxygens (including phenoxy) is 3. The number of H-pyrrole nitrogens is 1. The average Bonchev–Trinajstić information content (AvgIpc) is 3.46. The van der Waals surface area contributed by atoms with E-state index in [9.17, 15) is 19.2 Å². The number of likely N-dealkylation sites (tertiary alicyclic amines) is 1. The summed E-state index contributed by atoms with van der Waals surface area (Å²) in [6.07, 6.45) is 3.33. The molecule has 2 aliphatic rings. The average molecular weight is 567 g/mol. The number of unbranched alkanes of at least 4 members (excludes halogenated alkanes) is 1. The van der Waals surface area contributed by atoms with E-state index in [0.717, 1.165) is 19.3 Å². The molecule has 2 heterocycles. The Labute approximate surface area is 239 Å². The van der Waals surface area contributed by atoms with Crippen LogP contribution in [0.2, 0.25) is 0 Å². The molecule has 11 nitrogen and oxygen atoms in total. The van der Waals surface area contributed by atoms with E-state index in [1.54, 1.807) is 25.3 Å². The number of rotatable bonds is 8. The van der Waals surface area contributed by atoms with Gasteiger partial charge >= 0.3 is 12.1 Å². The van der Waals surface area contributed by atoms with Crippen LogP contribution in [0, 0.1) is 23.2 Å². The van der Waals surface area contributed by atoms with Crippen LogP contribution in [0.3, 0.4) is 0 Å². The molecular weight excluding hydrogens is 528 g/mol. The van der Waals surface area contributed by atoms with Crippen molar-refractivity contribution in [3.63, 3.8) is 0 Å². The van der Waals surface area contributed by atoms with Crippen molar-refractivity contribution in [1.29, 1.82) is 0 Å². The van der Waals surface area contributed by atoms with Crippen LogP contribution >= 0.6 is 0 Å². The Hall–Kier alpha value is -4.07. The smallest absolute Gasteiger partial charge is 0.408 e. The number of carbonyl (C=O) groups excluding carboxylic acids is 3. The van der Waals surface area contributed by atoms with Crippen LogP contribution in [-0.2, 0) is 19.1 Å². The van der Waals surface area contributed by atoms with Crippen molar-refractivity contribution in [2.24, 2.45) is 11.3 Å². The van der Waals surface area contributed by atoms with Gasteiger partial charge in [0.25, 0.3) is 5.56 Å². The van der Waals surface area contributed by atoms with Gasteiger partial charge in [0.1, 0.15) is 23.9 Å². The summed E-state index contributed by atoms with van der Waals surface area (Å²) in [5, 5.41) is 2.75. The predicted octanol–water partition coefficient (Wildman–Crippen LogP) is 3.15. The molecule has 1 aliphatic heterocycles. The number of hydrogen-bond donors (Lipinski definition) is 2. The number of benzene rings is 1. The van der Waals surface area contributed by atoms with Crippen molar-refractivity contribution < 1.29 is 28.6 Å². The first-order valence-corrected chi connectivity index (χ1v) is 13.9. The number of nitrogens with zero attached hydrogens (tertiary/aromatic N) is 2. The minimum Gasteiger partial charge on any atom is -0.497 e. The van der Waals surface area contributed by atoms with Crippen molar-refractivity contribution in [2.45, 2.75) is 77.5 Å². The molecule has 1 aliphatic carbocycles. The fraction of sp³-hybridized carbons (Fsp3) is 0.567. The Morgan fingerprint density at radius 2 is 2.02 bits per heavy atom. The highest BCUT2D eigenvalue weighted by molar-refractivity contribution is 5.90. The Bertz CT molecular complexity index is 1420. The van der Waals surface area contributed by atoms with E-state index < -0.39 is 29.6 Å². The second-order valence-corrected chi connectivity index (χ2v) is 11.6. The molecule has 2 fully saturated rings. The molecule has 0 bridgehead atoms. The zero-order valence-electron chi connectivity index (χ0n) is 24.2. The molecule has 1 saturated heterocycles. The largest absolute Gasteiger partial charge is 0.497 e. The van der Waals surface area contributed by atoms with Gasteiger partial charge in [0.15, 0.2) is 5.69 Å². The summed E-state index contributed by atoms with van der Waals surface area (Å²) in [6, 6.07) is 3.77. The Morgan fingerprint density at radius 3 is 2.73 bits per heavy atom. The molecule has 1 aromatic carbocycles. The van der Waals surface area contributed by atoms with E-state index in [-0.39, 0.29) is 29.2 Å². The molecule has 220 valence electrons. The first-order valence-electron chi connectivity index (χ1n) is 13.9. The van der Waals surface area contributed by atoms with Crippen LogP contribution in [0.5, 0.6) is 5.75 Å². The molecule has 4 atom stereocenters. The van der Waals surface area contributed by atoms with Gasteiger partial charge in [-0.25, -0.2) is 14.6 Å².